The summed E-state index contributed by atoms with van der Waals surface area (Å²) in [6.45, 7) is 11.1. The van der Waals surface area contributed by atoms with Crippen molar-refractivity contribution in [1.29, 1.82) is 0 Å². The molecule has 0 bridgehead atoms. The summed E-state index contributed by atoms with van der Waals surface area (Å²) in [6, 6.07) is 15.4. The van der Waals surface area contributed by atoms with Gasteiger partial charge in [-0.3, -0.25) is 0 Å². The largest absolute Gasteiger partial charge is 0.213 e. The molecule has 0 saturated carbocycles. The van der Waals surface area contributed by atoms with E-state index in [4.69, 9.17) is 0 Å². The molecule has 1 nitrogen and oxygen atoms in total. The number of hydrogen-bond donors (Lipinski definition) is 0. The Morgan fingerprint density at radius 1 is 0.708 bits per heavy atom. The van der Waals surface area contributed by atoms with Crippen molar-refractivity contribution in [2.75, 3.05) is 0 Å². The third-order valence-corrected chi connectivity index (χ3v) is 4.95. The fourth-order valence-electron chi connectivity index (χ4n) is 3.77. The SMILES string of the molecule is Cc1cc[n+](C)c(-c2c(C)cc(C)c(-c3ccccc3C)c2C)c1. The molecule has 24 heavy (non-hydrogen) atoms. The molecular formula is C23H26N+. The summed E-state index contributed by atoms with van der Waals surface area (Å²) < 4.78 is 2.22. The van der Waals surface area contributed by atoms with Gasteiger partial charge < -0.3 is 0 Å². The van der Waals surface area contributed by atoms with E-state index in [9.17, 15) is 0 Å². The Bertz CT molecular complexity index is 920. The molecule has 0 spiro atoms. The van der Waals surface area contributed by atoms with E-state index in [2.05, 4.69) is 94.9 Å². The van der Waals surface area contributed by atoms with Gasteiger partial charge in [0.15, 0.2) is 6.20 Å². The van der Waals surface area contributed by atoms with Crippen molar-refractivity contribution < 1.29 is 4.57 Å². The first-order valence-corrected chi connectivity index (χ1v) is 8.53. The lowest BCUT2D eigenvalue weighted by Gasteiger charge is -2.18. The minimum atomic E-state index is 1.28. The normalized spacial score (nSPS) is 10.9. The first kappa shape index (κ1) is 16.4. The summed E-state index contributed by atoms with van der Waals surface area (Å²) in [5.41, 5.74) is 12.0. The van der Waals surface area contributed by atoms with Gasteiger partial charge in [-0.05, 0) is 73.6 Å². The molecule has 1 aromatic heterocycles. The monoisotopic (exact) mass is 316 g/mol. The smallest absolute Gasteiger partial charge is 0.201 e. The van der Waals surface area contributed by atoms with Crippen LogP contribution in [0.4, 0.5) is 0 Å². The second-order valence-electron chi connectivity index (χ2n) is 6.90. The molecular weight excluding hydrogens is 290 g/mol. The van der Waals surface area contributed by atoms with E-state index in [1.165, 1.54) is 50.2 Å². The standard InChI is InChI=1S/C23H26N/c1-15-11-12-24(6)21(13-15)23-18(4)14-17(3)22(19(23)5)20-10-8-7-9-16(20)2/h7-14H,1-6H3/q+1. The van der Waals surface area contributed by atoms with Gasteiger partial charge in [0, 0.05) is 12.1 Å². The second-order valence-corrected chi connectivity index (χ2v) is 6.90. The van der Waals surface area contributed by atoms with Gasteiger partial charge in [0.2, 0.25) is 5.69 Å². The van der Waals surface area contributed by atoms with Gasteiger partial charge in [-0.15, -0.1) is 0 Å². The first-order valence-electron chi connectivity index (χ1n) is 8.53. The predicted octanol–water partition coefficient (Wildman–Crippen LogP) is 5.39. The Kier molecular flexibility index (Phi) is 4.28. The lowest BCUT2D eigenvalue weighted by Crippen LogP contribution is -2.31. The molecule has 2 aromatic carbocycles. The molecule has 1 heteroatoms. The van der Waals surface area contributed by atoms with Gasteiger partial charge in [-0.1, -0.05) is 30.3 Å². The maximum absolute atomic E-state index is 2.33. The van der Waals surface area contributed by atoms with Crippen LogP contribution in [0.1, 0.15) is 27.8 Å². The van der Waals surface area contributed by atoms with Crippen LogP contribution in [-0.4, -0.2) is 0 Å². The summed E-state index contributed by atoms with van der Waals surface area (Å²) in [4.78, 5) is 0. The average Bonchev–Trinajstić information content (AvgIpc) is 2.52. The van der Waals surface area contributed by atoms with Crippen LogP contribution < -0.4 is 4.57 Å². The fraction of sp³-hybridized carbons (Fsp3) is 0.261. The molecule has 122 valence electrons. The predicted molar refractivity (Wildman–Crippen MR) is 102 cm³/mol. The van der Waals surface area contributed by atoms with Crippen LogP contribution >= 0.6 is 0 Å². The molecule has 0 atom stereocenters. The highest BCUT2D eigenvalue weighted by Gasteiger charge is 2.20. The van der Waals surface area contributed by atoms with Crippen molar-refractivity contribution in [3.63, 3.8) is 0 Å². The summed E-state index contributed by atoms with van der Waals surface area (Å²) in [6.07, 6.45) is 2.15. The summed E-state index contributed by atoms with van der Waals surface area (Å²) in [7, 11) is 2.13. The number of nitrogens with zero attached hydrogens (tertiary/aromatic N) is 1. The van der Waals surface area contributed by atoms with Crippen LogP contribution in [0.15, 0.2) is 48.7 Å². The molecule has 0 aliphatic heterocycles. The van der Waals surface area contributed by atoms with E-state index >= 15 is 0 Å². The third kappa shape index (κ3) is 2.75. The lowest BCUT2D eigenvalue weighted by molar-refractivity contribution is -0.660. The Morgan fingerprint density at radius 2 is 1.38 bits per heavy atom. The van der Waals surface area contributed by atoms with Gasteiger partial charge in [0.05, 0.1) is 5.56 Å². The van der Waals surface area contributed by atoms with E-state index in [-0.39, 0.29) is 0 Å². The van der Waals surface area contributed by atoms with Crippen molar-refractivity contribution in [3.05, 3.63) is 76.5 Å². The zero-order chi connectivity index (χ0) is 17.4. The molecule has 0 saturated heterocycles. The lowest BCUT2D eigenvalue weighted by atomic mass is 9.86. The Balaban J connectivity index is 2.36. The topological polar surface area (TPSA) is 3.88 Å². The minimum absolute atomic E-state index is 1.28. The molecule has 0 amide bonds. The van der Waals surface area contributed by atoms with E-state index in [1.54, 1.807) is 0 Å². The Hall–Kier alpha value is -2.41. The molecule has 0 radical (unpaired) electrons. The second kappa shape index (κ2) is 6.24. The molecule has 0 fully saturated rings. The maximum Gasteiger partial charge on any atom is 0.213 e. The molecule has 0 aliphatic rings. The fourth-order valence-corrected chi connectivity index (χ4v) is 3.77. The summed E-state index contributed by atoms with van der Waals surface area (Å²) in [5.74, 6) is 0. The van der Waals surface area contributed by atoms with Gasteiger partial charge in [-0.2, -0.15) is 0 Å². The van der Waals surface area contributed by atoms with Crippen molar-refractivity contribution >= 4 is 0 Å². The zero-order valence-corrected chi connectivity index (χ0v) is 15.6. The van der Waals surface area contributed by atoms with E-state index in [0.29, 0.717) is 0 Å². The quantitative estimate of drug-likeness (QED) is 0.558. The molecule has 1 heterocycles. The third-order valence-electron chi connectivity index (χ3n) is 4.95. The summed E-state index contributed by atoms with van der Waals surface area (Å²) >= 11 is 0. The number of aromatic nitrogens is 1. The minimum Gasteiger partial charge on any atom is -0.201 e. The highest BCUT2D eigenvalue weighted by atomic mass is 14.9. The number of pyridine rings is 1. The zero-order valence-electron chi connectivity index (χ0n) is 15.6. The van der Waals surface area contributed by atoms with Gasteiger partial charge in [0.1, 0.15) is 7.05 Å². The average molecular weight is 316 g/mol. The Labute approximate surface area is 145 Å². The van der Waals surface area contributed by atoms with Gasteiger partial charge in [-0.25, -0.2) is 4.57 Å². The highest BCUT2D eigenvalue weighted by molar-refractivity contribution is 5.82. The van der Waals surface area contributed by atoms with Crippen molar-refractivity contribution in [2.45, 2.75) is 34.6 Å². The molecule has 0 aliphatic carbocycles. The number of rotatable bonds is 2. The molecule has 0 N–H and O–H groups in total. The maximum atomic E-state index is 2.33. The number of aryl methyl sites for hydroxylation is 5. The number of hydrogen-bond acceptors (Lipinski definition) is 0. The number of benzene rings is 2. The van der Waals surface area contributed by atoms with E-state index in [0.717, 1.165) is 0 Å². The van der Waals surface area contributed by atoms with Gasteiger partial charge >= 0.3 is 0 Å². The highest BCUT2D eigenvalue weighted by Crippen LogP contribution is 2.37. The van der Waals surface area contributed by atoms with Crippen molar-refractivity contribution in [2.24, 2.45) is 7.05 Å². The molecule has 3 aromatic rings. The first-order chi connectivity index (χ1) is 11.4. The molecule has 3 rings (SSSR count). The van der Waals surface area contributed by atoms with Crippen LogP contribution in [-0.2, 0) is 7.05 Å². The van der Waals surface area contributed by atoms with Crippen LogP contribution in [0, 0.1) is 34.6 Å². The molecule has 0 unspecified atom stereocenters. The summed E-state index contributed by atoms with van der Waals surface area (Å²) in [5, 5.41) is 0. The van der Waals surface area contributed by atoms with Crippen LogP contribution in [0.2, 0.25) is 0 Å². The van der Waals surface area contributed by atoms with Crippen molar-refractivity contribution in [3.8, 4) is 22.4 Å². The Morgan fingerprint density at radius 3 is 2.08 bits per heavy atom. The van der Waals surface area contributed by atoms with E-state index < -0.39 is 0 Å². The van der Waals surface area contributed by atoms with Crippen LogP contribution in [0.3, 0.4) is 0 Å². The van der Waals surface area contributed by atoms with Crippen LogP contribution in [0.25, 0.3) is 22.4 Å². The van der Waals surface area contributed by atoms with E-state index in [1.807, 2.05) is 0 Å². The van der Waals surface area contributed by atoms with Gasteiger partial charge in [0.25, 0.3) is 0 Å². The van der Waals surface area contributed by atoms with Crippen molar-refractivity contribution in [1.82, 2.24) is 0 Å². The van der Waals surface area contributed by atoms with Crippen LogP contribution in [0.5, 0.6) is 0 Å².